The Morgan fingerprint density at radius 3 is 2.80 bits per heavy atom. The molecule has 0 unspecified atom stereocenters. The monoisotopic (exact) mass is 217 g/mol. The molecule has 0 aliphatic carbocycles. The van der Waals surface area contributed by atoms with Gasteiger partial charge in [-0.05, 0) is 6.42 Å². The highest BCUT2D eigenvalue weighted by atomic mass is 16.7. The minimum absolute atomic E-state index is 0.127. The summed E-state index contributed by atoms with van der Waals surface area (Å²) in [6.45, 7) is 2.66. The fourth-order valence-electron chi connectivity index (χ4n) is 1.03. The van der Waals surface area contributed by atoms with E-state index in [1.807, 2.05) is 6.92 Å². The summed E-state index contributed by atoms with van der Waals surface area (Å²) in [7, 11) is 0. The van der Waals surface area contributed by atoms with Crippen LogP contribution in [0.15, 0.2) is 0 Å². The van der Waals surface area contributed by atoms with Crippen molar-refractivity contribution in [2.45, 2.75) is 25.8 Å². The molecule has 1 N–H and O–H groups in total. The summed E-state index contributed by atoms with van der Waals surface area (Å²) in [4.78, 5) is 21.7. The van der Waals surface area contributed by atoms with Crippen LogP contribution in [0.1, 0.15) is 19.8 Å². The summed E-state index contributed by atoms with van der Waals surface area (Å²) < 4.78 is 14.0. The molecule has 6 heteroatoms. The first kappa shape index (κ1) is 11.6. The minimum Gasteiger partial charge on any atom is -0.450 e. The Kier molecular flexibility index (Phi) is 4.73. The summed E-state index contributed by atoms with van der Waals surface area (Å²) in [5.74, 6) is 0. The Bertz CT molecular complexity index is 221. The maximum Gasteiger partial charge on any atom is 0.508 e. The summed E-state index contributed by atoms with van der Waals surface area (Å²) in [5.41, 5.74) is 0. The normalized spacial score (nSPS) is 16.5. The maximum atomic E-state index is 11.1. The van der Waals surface area contributed by atoms with Crippen LogP contribution in [0.25, 0.3) is 0 Å². The van der Waals surface area contributed by atoms with E-state index in [0.717, 1.165) is 12.8 Å². The summed E-state index contributed by atoms with van der Waals surface area (Å²) in [5, 5.41) is 2.53. The van der Waals surface area contributed by atoms with E-state index >= 15 is 0 Å². The molecule has 1 heterocycles. The van der Waals surface area contributed by atoms with Gasteiger partial charge in [-0.2, -0.15) is 0 Å². The van der Waals surface area contributed by atoms with Gasteiger partial charge in [0.25, 0.3) is 0 Å². The third-order valence-electron chi connectivity index (χ3n) is 1.86. The largest absolute Gasteiger partial charge is 0.508 e. The van der Waals surface area contributed by atoms with Crippen molar-refractivity contribution >= 4 is 12.2 Å². The lowest BCUT2D eigenvalue weighted by atomic mass is 10.3. The van der Waals surface area contributed by atoms with Gasteiger partial charge in [0.15, 0.2) is 0 Å². The van der Waals surface area contributed by atoms with Gasteiger partial charge in [-0.1, -0.05) is 13.3 Å². The highest BCUT2D eigenvalue weighted by Gasteiger charge is 2.22. The molecule has 1 amide bonds. The Morgan fingerprint density at radius 2 is 2.20 bits per heavy atom. The van der Waals surface area contributed by atoms with Gasteiger partial charge in [0.1, 0.15) is 19.3 Å². The minimum atomic E-state index is -0.701. The van der Waals surface area contributed by atoms with E-state index in [1.54, 1.807) is 0 Å². The van der Waals surface area contributed by atoms with Crippen LogP contribution in [0.4, 0.5) is 9.59 Å². The standard InChI is InChI=1S/C9H15NO5/c1-2-3-4-13-8(11)10-7-5-14-9(12)15-6-7/h7H,2-6H2,1H3,(H,10,11). The van der Waals surface area contributed by atoms with Crippen molar-refractivity contribution in [3.8, 4) is 0 Å². The quantitative estimate of drug-likeness (QED) is 0.562. The molecular weight excluding hydrogens is 202 g/mol. The lowest BCUT2D eigenvalue weighted by Gasteiger charge is -2.22. The molecule has 0 saturated carbocycles. The Morgan fingerprint density at radius 1 is 1.53 bits per heavy atom. The van der Waals surface area contributed by atoms with E-state index < -0.39 is 12.2 Å². The van der Waals surface area contributed by atoms with Gasteiger partial charge < -0.3 is 19.5 Å². The Balaban J connectivity index is 2.12. The molecule has 1 aliphatic rings. The molecule has 0 aromatic rings. The van der Waals surface area contributed by atoms with E-state index in [0.29, 0.717) is 6.61 Å². The lowest BCUT2D eigenvalue weighted by molar-refractivity contribution is 0.000342. The molecule has 1 rings (SSSR count). The van der Waals surface area contributed by atoms with Crippen LogP contribution in [0.3, 0.4) is 0 Å². The van der Waals surface area contributed by atoms with Crippen LogP contribution >= 0.6 is 0 Å². The van der Waals surface area contributed by atoms with Gasteiger partial charge in [-0.25, -0.2) is 9.59 Å². The van der Waals surface area contributed by atoms with Crippen molar-refractivity contribution < 1.29 is 23.8 Å². The zero-order valence-electron chi connectivity index (χ0n) is 8.65. The van der Waals surface area contributed by atoms with Crippen molar-refractivity contribution in [1.82, 2.24) is 5.32 Å². The van der Waals surface area contributed by atoms with Gasteiger partial charge in [0.2, 0.25) is 0 Å². The van der Waals surface area contributed by atoms with Crippen molar-refractivity contribution in [1.29, 1.82) is 0 Å². The Hall–Kier alpha value is -1.46. The molecule has 1 fully saturated rings. The molecule has 15 heavy (non-hydrogen) atoms. The second-order valence-corrected chi connectivity index (χ2v) is 3.20. The van der Waals surface area contributed by atoms with Crippen LogP contribution in [0.2, 0.25) is 0 Å². The number of hydrogen-bond acceptors (Lipinski definition) is 5. The molecule has 86 valence electrons. The molecule has 0 aromatic heterocycles. The molecular formula is C9H15NO5. The SMILES string of the molecule is CCCCOC(=O)NC1COC(=O)OC1. The molecule has 1 saturated heterocycles. The first-order valence-electron chi connectivity index (χ1n) is 4.95. The van der Waals surface area contributed by atoms with Gasteiger partial charge >= 0.3 is 12.2 Å². The van der Waals surface area contributed by atoms with Crippen molar-refractivity contribution in [2.24, 2.45) is 0 Å². The van der Waals surface area contributed by atoms with Crippen LogP contribution in [-0.2, 0) is 14.2 Å². The van der Waals surface area contributed by atoms with E-state index in [9.17, 15) is 9.59 Å². The molecule has 6 nitrogen and oxygen atoms in total. The number of rotatable bonds is 4. The maximum absolute atomic E-state index is 11.1. The number of unbranched alkanes of at least 4 members (excludes halogenated alkanes) is 1. The van der Waals surface area contributed by atoms with Gasteiger partial charge in [-0.15, -0.1) is 0 Å². The fourth-order valence-corrected chi connectivity index (χ4v) is 1.03. The zero-order chi connectivity index (χ0) is 11.1. The average molecular weight is 217 g/mol. The second-order valence-electron chi connectivity index (χ2n) is 3.20. The third kappa shape index (κ3) is 4.53. The van der Waals surface area contributed by atoms with Crippen molar-refractivity contribution in [2.75, 3.05) is 19.8 Å². The molecule has 0 bridgehead atoms. The van der Waals surface area contributed by atoms with E-state index in [4.69, 9.17) is 4.74 Å². The predicted molar refractivity (Wildman–Crippen MR) is 50.5 cm³/mol. The number of cyclic esters (lactones) is 2. The third-order valence-corrected chi connectivity index (χ3v) is 1.86. The first-order chi connectivity index (χ1) is 7.22. The number of amides is 1. The van der Waals surface area contributed by atoms with E-state index in [-0.39, 0.29) is 19.3 Å². The zero-order valence-corrected chi connectivity index (χ0v) is 8.65. The van der Waals surface area contributed by atoms with Gasteiger partial charge in [-0.3, -0.25) is 0 Å². The Labute approximate surface area is 87.9 Å². The predicted octanol–water partition coefficient (Wildman–Crippen LogP) is 1.05. The molecule has 0 radical (unpaired) electrons. The highest BCUT2D eigenvalue weighted by molar-refractivity contribution is 5.68. The number of carbonyl (C=O) groups is 2. The average Bonchev–Trinajstić information content (AvgIpc) is 2.22. The number of carbonyl (C=O) groups excluding carboxylic acids is 2. The molecule has 0 atom stereocenters. The van der Waals surface area contributed by atoms with E-state index in [1.165, 1.54) is 0 Å². The number of nitrogens with one attached hydrogen (secondary N) is 1. The summed E-state index contributed by atoms with van der Waals surface area (Å²) >= 11 is 0. The number of alkyl carbamates (subject to hydrolysis) is 1. The topological polar surface area (TPSA) is 73.9 Å². The van der Waals surface area contributed by atoms with Crippen LogP contribution in [0.5, 0.6) is 0 Å². The first-order valence-corrected chi connectivity index (χ1v) is 4.95. The smallest absolute Gasteiger partial charge is 0.450 e. The second kappa shape index (κ2) is 6.10. The van der Waals surface area contributed by atoms with Crippen LogP contribution in [0, 0.1) is 0 Å². The molecule has 0 aromatic carbocycles. The van der Waals surface area contributed by atoms with Crippen LogP contribution in [-0.4, -0.2) is 38.1 Å². The number of ether oxygens (including phenoxy) is 3. The van der Waals surface area contributed by atoms with E-state index in [2.05, 4.69) is 14.8 Å². The highest BCUT2D eigenvalue weighted by Crippen LogP contribution is 2.00. The lowest BCUT2D eigenvalue weighted by Crippen LogP contribution is -2.45. The van der Waals surface area contributed by atoms with Crippen LogP contribution < -0.4 is 5.32 Å². The molecule has 0 spiro atoms. The fraction of sp³-hybridized carbons (Fsp3) is 0.778. The summed E-state index contributed by atoms with van der Waals surface area (Å²) in [6, 6.07) is -0.322. The van der Waals surface area contributed by atoms with Gasteiger partial charge in [0.05, 0.1) is 6.61 Å². The number of hydrogen-bond donors (Lipinski definition) is 1. The van der Waals surface area contributed by atoms with Crippen molar-refractivity contribution in [3.05, 3.63) is 0 Å². The molecule has 1 aliphatic heterocycles. The van der Waals surface area contributed by atoms with Crippen molar-refractivity contribution in [3.63, 3.8) is 0 Å². The summed E-state index contributed by atoms with van der Waals surface area (Å²) in [6.07, 6.45) is 0.600. The van der Waals surface area contributed by atoms with Gasteiger partial charge in [0, 0.05) is 0 Å².